The minimum absolute atomic E-state index is 0.182. The summed E-state index contributed by atoms with van der Waals surface area (Å²) in [5.74, 6) is -2.81. The van der Waals surface area contributed by atoms with E-state index in [0.29, 0.717) is 58.2 Å². The molecule has 4 unspecified atom stereocenters. The van der Waals surface area contributed by atoms with E-state index in [0.717, 1.165) is 12.0 Å². The standard InChI is InChI=1S/C27H47N7O5/c28-15-7-4-12-20(31)24(35)34-23(18-19-10-2-1-3-11-19)26(37)32-21(13-5-8-16-29)25(36)33-22(27(38)39)14-6-9-17-30/h1-3,10-11,20-23H,4-9,12-18,28-31H2,(H,32,37)(H,33,36)(H,34,35)(H,38,39). The zero-order chi connectivity index (χ0) is 29.0. The Morgan fingerprint density at radius 2 is 1.10 bits per heavy atom. The fourth-order valence-electron chi connectivity index (χ4n) is 4.03. The molecule has 0 aliphatic carbocycles. The van der Waals surface area contributed by atoms with Crippen LogP contribution in [0.2, 0.25) is 0 Å². The van der Waals surface area contributed by atoms with Gasteiger partial charge in [-0.1, -0.05) is 36.8 Å². The van der Waals surface area contributed by atoms with Crippen molar-refractivity contribution in [2.75, 3.05) is 19.6 Å². The number of unbranched alkanes of at least 4 members (excludes halogenated alkanes) is 3. The predicted molar refractivity (Wildman–Crippen MR) is 150 cm³/mol. The summed E-state index contributed by atoms with van der Waals surface area (Å²) < 4.78 is 0. The van der Waals surface area contributed by atoms with Gasteiger partial charge in [0.1, 0.15) is 18.1 Å². The molecule has 0 spiro atoms. The summed E-state index contributed by atoms with van der Waals surface area (Å²) in [5.41, 5.74) is 23.5. The van der Waals surface area contributed by atoms with Crippen molar-refractivity contribution in [1.29, 1.82) is 0 Å². The minimum Gasteiger partial charge on any atom is -0.480 e. The van der Waals surface area contributed by atoms with Crippen LogP contribution in [-0.4, -0.2) is 72.6 Å². The lowest BCUT2D eigenvalue weighted by Gasteiger charge is -2.25. The maximum absolute atomic E-state index is 13.4. The summed E-state index contributed by atoms with van der Waals surface area (Å²) in [7, 11) is 0. The molecule has 0 bridgehead atoms. The van der Waals surface area contributed by atoms with Crippen molar-refractivity contribution in [3.63, 3.8) is 0 Å². The molecule has 0 radical (unpaired) electrons. The van der Waals surface area contributed by atoms with Gasteiger partial charge in [0.05, 0.1) is 6.04 Å². The number of aliphatic carboxylic acids is 1. The van der Waals surface area contributed by atoms with Crippen LogP contribution in [0.5, 0.6) is 0 Å². The van der Waals surface area contributed by atoms with Crippen LogP contribution in [0.3, 0.4) is 0 Å². The SMILES string of the molecule is NCCCCC(N)C(=O)NC(Cc1ccccc1)C(=O)NC(CCCCN)C(=O)NC(CCCCN)C(=O)O. The van der Waals surface area contributed by atoms with Gasteiger partial charge in [-0.15, -0.1) is 0 Å². The number of carboxylic acid groups (broad SMARTS) is 1. The lowest BCUT2D eigenvalue weighted by Crippen LogP contribution is -2.57. The molecular formula is C27H47N7O5. The van der Waals surface area contributed by atoms with Gasteiger partial charge in [0.15, 0.2) is 0 Å². The Hall–Kier alpha value is -3.06. The van der Waals surface area contributed by atoms with Gasteiger partial charge in [-0.05, 0) is 76.6 Å². The highest BCUT2D eigenvalue weighted by Gasteiger charge is 2.30. The topological polar surface area (TPSA) is 229 Å². The monoisotopic (exact) mass is 549 g/mol. The van der Waals surface area contributed by atoms with Crippen LogP contribution < -0.4 is 38.9 Å². The number of nitrogens with one attached hydrogen (secondary N) is 3. The van der Waals surface area contributed by atoms with Gasteiger partial charge in [0, 0.05) is 6.42 Å². The third-order valence-electron chi connectivity index (χ3n) is 6.36. The van der Waals surface area contributed by atoms with E-state index in [4.69, 9.17) is 22.9 Å². The van der Waals surface area contributed by atoms with E-state index in [2.05, 4.69) is 16.0 Å². The van der Waals surface area contributed by atoms with Crippen molar-refractivity contribution in [2.45, 2.75) is 88.4 Å². The number of carbonyl (C=O) groups excluding carboxylic acids is 3. The quantitative estimate of drug-likeness (QED) is 0.0921. The van der Waals surface area contributed by atoms with E-state index in [9.17, 15) is 24.3 Å². The summed E-state index contributed by atoms with van der Waals surface area (Å²) in [5, 5.41) is 17.6. The van der Waals surface area contributed by atoms with E-state index in [-0.39, 0.29) is 19.3 Å². The molecule has 1 aromatic rings. The van der Waals surface area contributed by atoms with Crippen LogP contribution in [0.1, 0.15) is 63.4 Å². The molecule has 1 rings (SSSR count). The summed E-state index contributed by atoms with van der Waals surface area (Å²) >= 11 is 0. The Morgan fingerprint density at radius 1 is 0.641 bits per heavy atom. The largest absolute Gasteiger partial charge is 0.480 e. The smallest absolute Gasteiger partial charge is 0.326 e. The molecule has 220 valence electrons. The lowest BCUT2D eigenvalue weighted by molar-refractivity contribution is -0.142. The Morgan fingerprint density at radius 3 is 1.64 bits per heavy atom. The van der Waals surface area contributed by atoms with E-state index in [1.54, 1.807) is 0 Å². The molecule has 0 aliphatic rings. The van der Waals surface area contributed by atoms with Gasteiger partial charge < -0.3 is 44.0 Å². The Labute approximate surface area is 231 Å². The van der Waals surface area contributed by atoms with Crippen LogP contribution in [0.25, 0.3) is 0 Å². The van der Waals surface area contributed by atoms with Crippen molar-refractivity contribution in [2.24, 2.45) is 22.9 Å². The number of benzene rings is 1. The molecule has 1 aromatic carbocycles. The Bertz CT molecular complexity index is 871. The zero-order valence-corrected chi connectivity index (χ0v) is 22.8. The van der Waals surface area contributed by atoms with E-state index in [1.165, 1.54) is 0 Å². The molecule has 3 amide bonds. The summed E-state index contributed by atoms with van der Waals surface area (Å²) in [4.78, 5) is 51.1. The molecule has 0 aromatic heterocycles. The van der Waals surface area contributed by atoms with Gasteiger partial charge in [-0.25, -0.2) is 4.79 Å². The minimum atomic E-state index is -1.16. The van der Waals surface area contributed by atoms with Crippen molar-refractivity contribution in [1.82, 2.24) is 16.0 Å². The molecule has 12 N–H and O–H groups in total. The maximum Gasteiger partial charge on any atom is 0.326 e. The first-order chi connectivity index (χ1) is 18.7. The second-order valence-electron chi connectivity index (χ2n) is 9.67. The van der Waals surface area contributed by atoms with E-state index in [1.807, 2.05) is 30.3 Å². The third kappa shape index (κ3) is 14.1. The van der Waals surface area contributed by atoms with Crippen molar-refractivity contribution < 1.29 is 24.3 Å². The first-order valence-electron chi connectivity index (χ1n) is 13.8. The van der Waals surface area contributed by atoms with Crippen molar-refractivity contribution in [3.05, 3.63) is 35.9 Å². The van der Waals surface area contributed by atoms with E-state index >= 15 is 0 Å². The number of hydrogen-bond acceptors (Lipinski definition) is 8. The first kappa shape index (κ1) is 34.0. The molecule has 12 heteroatoms. The lowest BCUT2D eigenvalue weighted by atomic mass is 10.0. The number of carbonyl (C=O) groups is 4. The van der Waals surface area contributed by atoms with Crippen molar-refractivity contribution in [3.8, 4) is 0 Å². The summed E-state index contributed by atoms with van der Waals surface area (Å²) in [6.45, 7) is 1.33. The number of rotatable bonds is 21. The second kappa shape index (κ2) is 19.9. The van der Waals surface area contributed by atoms with Gasteiger partial charge >= 0.3 is 5.97 Å². The van der Waals surface area contributed by atoms with E-state index < -0.39 is 47.9 Å². The van der Waals surface area contributed by atoms with Crippen LogP contribution in [0.15, 0.2) is 30.3 Å². The zero-order valence-electron chi connectivity index (χ0n) is 22.8. The van der Waals surface area contributed by atoms with Crippen LogP contribution >= 0.6 is 0 Å². The van der Waals surface area contributed by atoms with Gasteiger partial charge in [0.25, 0.3) is 0 Å². The first-order valence-corrected chi connectivity index (χ1v) is 13.8. The molecule has 0 saturated carbocycles. The van der Waals surface area contributed by atoms with Gasteiger partial charge in [-0.2, -0.15) is 0 Å². The molecule has 0 heterocycles. The molecule has 0 saturated heterocycles. The Kier molecular flexibility index (Phi) is 17.4. The maximum atomic E-state index is 13.4. The molecule has 12 nitrogen and oxygen atoms in total. The third-order valence-corrected chi connectivity index (χ3v) is 6.36. The van der Waals surface area contributed by atoms with Gasteiger partial charge in [0.2, 0.25) is 17.7 Å². The predicted octanol–water partition coefficient (Wildman–Crippen LogP) is -0.518. The van der Waals surface area contributed by atoms with Crippen LogP contribution in [0.4, 0.5) is 0 Å². The molecule has 0 fully saturated rings. The summed E-state index contributed by atoms with van der Waals surface area (Å²) in [6, 6.07) is 5.23. The fraction of sp³-hybridized carbons (Fsp3) is 0.630. The number of amides is 3. The molecular weight excluding hydrogens is 502 g/mol. The number of nitrogens with two attached hydrogens (primary N) is 4. The number of hydrogen-bond donors (Lipinski definition) is 8. The normalized spacial score (nSPS) is 14.1. The molecule has 4 atom stereocenters. The molecule has 39 heavy (non-hydrogen) atoms. The summed E-state index contributed by atoms with van der Waals surface area (Å²) in [6.07, 6.45) is 4.83. The van der Waals surface area contributed by atoms with Crippen LogP contribution in [-0.2, 0) is 25.6 Å². The number of carboxylic acids is 1. The van der Waals surface area contributed by atoms with Gasteiger partial charge in [-0.3, -0.25) is 14.4 Å². The van der Waals surface area contributed by atoms with Crippen molar-refractivity contribution >= 4 is 23.7 Å². The highest BCUT2D eigenvalue weighted by Crippen LogP contribution is 2.09. The average Bonchev–Trinajstić information content (AvgIpc) is 2.92. The highest BCUT2D eigenvalue weighted by atomic mass is 16.4. The fourth-order valence-corrected chi connectivity index (χ4v) is 4.03. The second-order valence-corrected chi connectivity index (χ2v) is 9.67. The molecule has 0 aliphatic heterocycles. The van der Waals surface area contributed by atoms with Crippen LogP contribution in [0, 0.1) is 0 Å². The highest BCUT2D eigenvalue weighted by molar-refractivity contribution is 5.94. The Balaban J connectivity index is 3.04. The average molecular weight is 550 g/mol.